The zero-order valence-corrected chi connectivity index (χ0v) is 53.6. The minimum atomic E-state index is -4.87. The molecule has 0 aromatic heterocycles. The first-order valence-electron chi connectivity index (χ1n) is 28.3. The van der Waals surface area contributed by atoms with Crippen LogP contribution in [-0.4, -0.2) is 35.7 Å². The molecule has 1 aliphatic heterocycles. The van der Waals surface area contributed by atoms with Crippen molar-refractivity contribution in [3.05, 3.63) is 178 Å². The molecule has 2 N–H and O–H groups in total. The maximum Gasteiger partial charge on any atom is 0.372 e. The van der Waals surface area contributed by atoms with Crippen molar-refractivity contribution in [1.82, 2.24) is 0 Å². The molecule has 9 rings (SSSR count). The van der Waals surface area contributed by atoms with Crippen molar-refractivity contribution in [3.63, 3.8) is 0 Å². The molecule has 0 aliphatic carbocycles. The van der Waals surface area contributed by atoms with Crippen LogP contribution in [-0.2, 0) is 54.1 Å². The van der Waals surface area contributed by atoms with Crippen molar-refractivity contribution in [2.45, 2.75) is 157 Å². The third-order valence-corrected chi connectivity index (χ3v) is 16.0. The van der Waals surface area contributed by atoms with Gasteiger partial charge in [-0.3, -0.25) is 9.98 Å². The van der Waals surface area contributed by atoms with Gasteiger partial charge < -0.3 is 24.2 Å². The maximum atomic E-state index is 13.8. The standard InChI is InChI=1S/C40H37O4P.C32H48N2O2.Mn/c1-39(2,3)29-19-15-25(16-20-29)33-23-27-11-7-9-13-31(27)35-36-32-14-10-8-12-28(32)24-34(38(36)44-45(41,42)43-37(33)35)26-17-21-30(22-18-26)40(4,5)6;1-29(2,3)23-15-21(27(35)25(17-23)31(7,8)9)19-33-13-14-34-20-22-16-24(30(4,5)6)18-26(28(22)36)32(10,11)12;/h7-24H,1-6H3,(H,41,42);15-20,35-36H,13-14H2,1-12H3;/p-1. The van der Waals surface area contributed by atoms with E-state index in [0.29, 0.717) is 46.8 Å². The largest absolute Gasteiger partial charge is 0.736 e. The van der Waals surface area contributed by atoms with E-state index in [0.717, 1.165) is 54.9 Å². The Morgan fingerprint density at radius 1 is 0.439 bits per heavy atom. The molecule has 1 aliphatic rings. The quantitative estimate of drug-likeness (QED) is 0.0709. The molecule has 0 atom stereocenters. The number of phenols is 2. The Morgan fingerprint density at radius 2 is 0.756 bits per heavy atom. The Hall–Kier alpha value is -6.47. The fraction of sp³-hybridized carbons (Fsp3) is 0.361. The summed E-state index contributed by atoms with van der Waals surface area (Å²) in [7, 11) is -4.87. The van der Waals surface area contributed by atoms with Gasteiger partial charge in [0.1, 0.15) is 23.0 Å². The number of rotatable bonds is 7. The summed E-state index contributed by atoms with van der Waals surface area (Å²) in [5.41, 5.74) is 12.1. The van der Waals surface area contributed by atoms with Gasteiger partial charge in [-0.25, -0.2) is 4.57 Å². The molecule has 0 amide bonds. The fourth-order valence-electron chi connectivity index (χ4n) is 10.3. The first kappa shape index (κ1) is 63.1. The number of phenolic OH excluding ortho intramolecular Hbond substituents is 2. The van der Waals surface area contributed by atoms with Crippen LogP contribution >= 0.6 is 7.82 Å². The van der Waals surface area contributed by atoms with Gasteiger partial charge in [-0.1, -0.05) is 234 Å². The number of phosphoric acid groups is 1. The summed E-state index contributed by atoms with van der Waals surface area (Å²) in [5.74, 6) is 1.14. The minimum absolute atomic E-state index is 0. The predicted octanol–water partition coefficient (Wildman–Crippen LogP) is 18.7. The topological polar surface area (TPSA) is 124 Å². The third kappa shape index (κ3) is 13.9. The van der Waals surface area contributed by atoms with Gasteiger partial charge in [0.25, 0.3) is 0 Å². The average molecular weight is 1160 g/mol. The summed E-state index contributed by atoms with van der Waals surface area (Å²) in [6.07, 6.45) is 3.51. The van der Waals surface area contributed by atoms with E-state index in [4.69, 9.17) is 9.05 Å². The Morgan fingerprint density at radius 3 is 1.06 bits per heavy atom. The summed E-state index contributed by atoms with van der Waals surface area (Å²) in [5, 5.41) is 25.6. The second kappa shape index (κ2) is 23.3. The molecule has 8 aromatic rings. The third-order valence-electron chi connectivity index (χ3n) is 15.2. The number of fused-ring (bicyclic) bond motifs is 7. The molecule has 8 nitrogen and oxygen atoms in total. The van der Waals surface area contributed by atoms with Gasteiger partial charge in [-0.05, 0) is 112 Å². The first-order chi connectivity index (χ1) is 37.5. The van der Waals surface area contributed by atoms with Crippen LogP contribution in [0, 0.1) is 0 Å². The second-order valence-corrected chi connectivity index (χ2v) is 29.2. The van der Waals surface area contributed by atoms with Crippen LogP contribution in [0.2, 0.25) is 0 Å². The van der Waals surface area contributed by atoms with Crippen LogP contribution in [0.25, 0.3) is 54.9 Å². The van der Waals surface area contributed by atoms with Crippen LogP contribution in [0.1, 0.15) is 169 Å². The van der Waals surface area contributed by atoms with Gasteiger partial charge in [-0.15, -0.1) is 0 Å². The van der Waals surface area contributed by atoms with E-state index in [9.17, 15) is 19.7 Å². The molecule has 0 fully saturated rings. The minimum Gasteiger partial charge on any atom is -0.736 e. The number of benzene rings is 8. The predicted molar refractivity (Wildman–Crippen MR) is 340 cm³/mol. The van der Waals surface area contributed by atoms with Gasteiger partial charge in [0.2, 0.25) is 0 Å². The van der Waals surface area contributed by atoms with Crippen molar-refractivity contribution in [2.24, 2.45) is 9.98 Å². The number of hydrogen-bond acceptors (Lipinski definition) is 8. The van der Waals surface area contributed by atoms with Crippen molar-refractivity contribution >= 4 is 41.8 Å². The fourth-order valence-corrected chi connectivity index (χ4v) is 11.1. The van der Waals surface area contributed by atoms with E-state index in [1.165, 1.54) is 22.3 Å². The Bertz CT molecular complexity index is 3520. The molecular formula is C72H84MnN2O6P-. The number of phosphoric ester groups is 1. The van der Waals surface area contributed by atoms with Gasteiger partial charge in [0.05, 0.1) is 13.1 Å². The number of nitrogens with zero attached hydrogens (tertiary/aromatic N) is 2. The Kier molecular flexibility index (Phi) is 17.9. The van der Waals surface area contributed by atoms with Crippen molar-refractivity contribution in [2.75, 3.05) is 13.1 Å². The van der Waals surface area contributed by atoms with Crippen LogP contribution in [0.5, 0.6) is 23.0 Å². The second-order valence-electron chi connectivity index (χ2n) is 28.0. The number of aliphatic imine (C=N–C) groups is 2. The SMILES string of the molecule is CC(C)(C)c1cc(C=NCCN=Cc2cc(C(C)(C)C)cc(C(C)(C)C)c2O)c(O)c(C(C)(C)C)c1.CC(C)(C)c1ccc(-c2cc3ccccc3c3c2OP(=O)([O-])Oc2c(-c4ccc(C(C)(C)C)cc4)cc4ccccc4c2-3)cc1.[Mn]. The summed E-state index contributed by atoms with van der Waals surface area (Å²) < 4.78 is 25.8. The molecular weight excluding hydrogens is 1070 g/mol. The smallest absolute Gasteiger partial charge is 0.372 e. The average Bonchev–Trinajstić information content (AvgIpc) is 1.92. The van der Waals surface area contributed by atoms with E-state index >= 15 is 0 Å². The summed E-state index contributed by atoms with van der Waals surface area (Å²) >= 11 is 0. The number of hydrogen-bond donors (Lipinski definition) is 2. The maximum absolute atomic E-state index is 13.8. The van der Waals surface area contributed by atoms with Gasteiger partial charge in [0.15, 0.2) is 0 Å². The van der Waals surface area contributed by atoms with E-state index in [-0.39, 0.29) is 61.1 Å². The Balaban J connectivity index is 0.000000240. The molecule has 0 unspecified atom stereocenters. The molecule has 1 heterocycles. The van der Waals surface area contributed by atoms with Crippen molar-refractivity contribution in [1.29, 1.82) is 0 Å². The monoisotopic (exact) mass is 1160 g/mol. The molecule has 0 saturated carbocycles. The van der Waals surface area contributed by atoms with Crippen LogP contribution in [0.4, 0.5) is 0 Å². The van der Waals surface area contributed by atoms with Gasteiger partial charge >= 0.3 is 7.82 Å². The molecule has 0 bridgehead atoms. The van der Waals surface area contributed by atoms with Gasteiger partial charge in [0, 0.05) is 74.0 Å². The number of aromatic hydroxyl groups is 2. The Labute approximate surface area is 499 Å². The van der Waals surface area contributed by atoms with E-state index in [2.05, 4.69) is 183 Å². The first-order valence-corrected chi connectivity index (χ1v) is 29.8. The molecule has 8 aromatic carbocycles. The summed E-state index contributed by atoms with van der Waals surface area (Å²) in [4.78, 5) is 22.9. The zero-order valence-electron chi connectivity index (χ0n) is 51.5. The van der Waals surface area contributed by atoms with Crippen molar-refractivity contribution < 1.29 is 45.8 Å². The molecule has 82 heavy (non-hydrogen) atoms. The van der Waals surface area contributed by atoms with Crippen LogP contribution in [0.15, 0.2) is 143 Å². The van der Waals surface area contributed by atoms with Crippen LogP contribution in [0.3, 0.4) is 0 Å². The normalized spacial score (nSPS) is 13.9. The zero-order chi connectivity index (χ0) is 59.4. The summed E-state index contributed by atoms with van der Waals surface area (Å²) in [6, 6.07) is 45.0. The van der Waals surface area contributed by atoms with Gasteiger partial charge in [-0.2, -0.15) is 0 Å². The molecule has 1 radical (unpaired) electrons. The summed E-state index contributed by atoms with van der Waals surface area (Å²) in [6.45, 7) is 39.8. The molecule has 0 spiro atoms. The van der Waals surface area contributed by atoms with Crippen molar-refractivity contribution in [3.8, 4) is 56.4 Å². The van der Waals surface area contributed by atoms with E-state index < -0.39 is 7.82 Å². The van der Waals surface area contributed by atoms with E-state index in [1.807, 2.05) is 84.9 Å². The molecule has 10 heteroatoms. The molecule has 431 valence electrons. The van der Waals surface area contributed by atoms with Crippen LogP contribution < -0.4 is 13.9 Å². The van der Waals surface area contributed by atoms with E-state index in [1.54, 1.807) is 12.4 Å². The molecule has 0 saturated heterocycles.